The Hall–Kier alpha value is -2.67. The summed E-state index contributed by atoms with van der Waals surface area (Å²) in [5.74, 6) is -0.0272. The lowest BCUT2D eigenvalue weighted by atomic mass is 9.98. The van der Waals surface area contributed by atoms with E-state index in [-0.39, 0.29) is 22.6 Å². The lowest BCUT2D eigenvalue weighted by Gasteiger charge is -2.19. The van der Waals surface area contributed by atoms with E-state index in [2.05, 4.69) is 15.0 Å². The number of amides is 1. The van der Waals surface area contributed by atoms with Crippen LogP contribution in [0.4, 0.5) is 0 Å². The molecule has 2 N–H and O–H groups in total. The third-order valence-electron chi connectivity index (χ3n) is 4.69. The number of hydrogen-bond acceptors (Lipinski definition) is 4. The number of amidine groups is 1. The smallest absolute Gasteiger partial charge is 0.263 e. The maximum absolute atomic E-state index is 12.8. The summed E-state index contributed by atoms with van der Waals surface area (Å²) in [7, 11) is -3.63. The number of nitrogens with one attached hydrogen (secondary N) is 2. The van der Waals surface area contributed by atoms with Gasteiger partial charge in [0.1, 0.15) is 11.9 Å². The molecule has 3 rings (SSSR count). The molecule has 1 aliphatic heterocycles. The Bertz CT molecular complexity index is 955. The lowest BCUT2D eigenvalue weighted by Crippen LogP contribution is -2.38. The second-order valence-corrected chi connectivity index (χ2v) is 8.26. The van der Waals surface area contributed by atoms with Gasteiger partial charge in [-0.1, -0.05) is 62.7 Å². The van der Waals surface area contributed by atoms with Crippen molar-refractivity contribution in [1.29, 1.82) is 0 Å². The number of carbonyl (C=O) groups is 1. The van der Waals surface area contributed by atoms with Gasteiger partial charge in [-0.25, -0.2) is 8.42 Å². The maximum atomic E-state index is 12.8. The Kier molecular flexibility index (Phi) is 5.60. The van der Waals surface area contributed by atoms with Gasteiger partial charge in [-0.15, -0.1) is 0 Å². The summed E-state index contributed by atoms with van der Waals surface area (Å²) in [5.41, 5.74) is 1.50. The lowest BCUT2D eigenvalue weighted by molar-refractivity contribution is -0.123. The first-order valence-corrected chi connectivity index (χ1v) is 10.4. The van der Waals surface area contributed by atoms with E-state index in [9.17, 15) is 13.2 Å². The van der Waals surface area contributed by atoms with Gasteiger partial charge >= 0.3 is 0 Å². The minimum absolute atomic E-state index is 0.0365. The van der Waals surface area contributed by atoms with E-state index in [0.717, 1.165) is 12.0 Å². The summed E-state index contributed by atoms with van der Waals surface area (Å²) in [6.07, 6.45) is 0.745. The van der Waals surface area contributed by atoms with Crippen LogP contribution in [0.15, 0.2) is 64.5 Å². The zero-order valence-corrected chi connectivity index (χ0v) is 16.2. The van der Waals surface area contributed by atoms with Gasteiger partial charge in [0.15, 0.2) is 0 Å². The van der Waals surface area contributed by atoms with Crippen LogP contribution in [0.5, 0.6) is 0 Å². The summed E-state index contributed by atoms with van der Waals surface area (Å²) < 4.78 is 27.0. The average molecular weight is 385 g/mol. The highest BCUT2D eigenvalue weighted by Gasteiger charge is 2.32. The van der Waals surface area contributed by atoms with Gasteiger partial charge in [0.2, 0.25) is 5.91 Å². The molecule has 1 aliphatic rings. The average Bonchev–Trinajstić information content (AvgIpc) is 2.95. The highest BCUT2D eigenvalue weighted by molar-refractivity contribution is 7.90. The van der Waals surface area contributed by atoms with Gasteiger partial charge in [0.05, 0.1) is 4.90 Å². The molecule has 2 aromatic rings. The summed E-state index contributed by atoms with van der Waals surface area (Å²) in [5, 5.41) is 2.91. The van der Waals surface area contributed by atoms with Crippen molar-refractivity contribution in [3.05, 3.63) is 65.7 Å². The molecule has 0 saturated heterocycles. The van der Waals surface area contributed by atoms with Crippen LogP contribution in [0, 0.1) is 5.92 Å². The van der Waals surface area contributed by atoms with E-state index in [1.165, 1.54) is 6.07 Å². The first-order valence-electron chi connectivity index (χ1n) is 8.94. The van der Waals surface area contributed by atoms with Crippen LogP contribution in [0.3, 0.4) is 0 Å². The fourth-order valence-corrected chi connectivity index (χ4v) is 4.17. The van der Waals surface area contributed by atoms with Crippen molar-refractivity contribution in [2.24, 2.45) is 10.9 Å². The summed E-state index contributed by atoms with van der Waals surface area (Å²) in [4.78, 5) is 17.5. The molecule has 0 bridgehead atoms. The van der Waals surface area contributed by atoms with E-state index < -0.39 is 16.1 Å². The molecule has 1 heterocycles. The van der Waals surface area contributed by atoms with E-state index in [4.69, 9.17) is 0 Å². The second-order valence-electron chi connectivity index (χ2n) is 6.61. The molecule has 1 amide bonds. The molecule has 2 atom stereocenters. The highest BCUT2D eigenvalue weighted by Crippen LogP contribution is 2.24. The quantitative estimate of drug-likeness (QED) is 0.801. The molecule has 7 heteroatoms. The standard InChI is InChI=1S/C20H23N3O3S/c1-3-14(2)18(20(24)21-13-15-9-5-4-6-10-15)22-19-16-11-7-8-12-17(16)27(25,26)23-19/h4-12,14,18H,3,13H2,1-2H3,(H,21,24)(H,22,23)/t14-,18-/m0/s1. The van der Waals surface area contributed by atoms with Crippen LogP contribution in [0.1, 0.15) is 31.4 Å². The van der Waals surface area contributed by atoms with Crippen LogP contribution in [-0.4, -0.2) is 26.2 Å². The zero-order valence-electron chi connectivity index (χ0n) is 15.3. The Labute approximate surface area is 159 Å². The summed E-state index contributed by atoms with van der Waals surface area (Å²) in [6, 6.07) is 15.6. The first-order chi connectivity index (χ1) is 12.9. The van der Waals surface area contributed by atoms with Crippen LogP contribution in [0.25, 0.3) is 0 Å². The molecule has 2 aromatic carbocycles. The van der Waals surface area contributed by atoms with Gasteiger partial charge in [-0.3, -0.25) is 14.5 Å². The summed E-state index contributed by atoms with van der Waals surface area (Å²) in [6.45, 7) is 4.32. The van der Waals surface area contributed by atoms with Crippen molar-refractivity contribution < 1.29 is 13.2 Å². The molecule has 0 radical (unpaired) electrons. The van der Waals surface area contributed by atoms with E-state index in [0.29, 0.717) is 12.1 Å². The molecule has 0 aromatic heterocycles. The normalized spacial score (nSPS) is 18.4. The molecule has 27 heavy (non-hydrogen) atoms. The van der Waals surface area contributed by atoms with E-state index in [1.54, 1.807) is 18.2 Å². The van der Waals surface area contributed by atoms with Gasteiger partial charge < -0.3 is 5.32 Å². The van der Waals surface area contributed by atoms with Gasteiger partial charge in [0, 0.05) is 12.1 Å². The van der Waals surface area contributed by atoms with Crippen molar-refractivity contribution >= 4 is 21.8 Å². The Morgan fingerprint density at radius 2 is 1.78 bits per heavy atom. The largest absolute Gasteiger partial charge is 0.350 e. The van der Waals surface area contributed by atoms with Crippen molar-refractivity contribution in [1.82, 2.24) is 10.0 Å². The second kappa shape index (κ2) is 7.92. The molecule has 0 fully saturated rings. The summed E-state index contributed by atoms with van der Waals surface area (Å²) >= 11 is 0. The van der Waals surface area contributed by atoms with Crippen LogP contribution >= 0.6 is 0 Å². The van der Waals surface area contributed by atoms with Crippen molar-refractivity contribution in [3.63, 3.8) is 0 Å². The Balaban J connectivity index is 1.86. The molecule has 0 spiro atoms. The molecule has 0 unspecified atom stereocenters. The predicted molar refractivity (Wildman–Crippen MR) is 105 cm³/mol. The fourth-order valence-electron chi connectivity index (χ4n) is 2.93. The highest BCUT2D eigenvalue weighted by atomic mass is 32.2. The van der Waals surface area contributed by atoms with E-state index in [1.807, 2.05) is 44.2 Å². The molecule has 0 saturated carbocycles. The molecular weight excluding hydrogens is 362 g/mol. The van der Waals surface area contributed by atoms with Crippen LogP contribution < -0.4 is 10.0 Å². The van der Waals surface area contributed by atoms with E-state index >= 15 is 0 Å². The SMILES string of the molecule is CC[C@H](C)[C@H](N=C1NS(=O)(=O)c2ccccc21)C(=O)NCc1ccccc1. The number of fused-ring (bicyclic) bond motifs is 1. The third-order valence-corrected chi connectivity index (χ3v) is 6.09. The number of benzene rings is 2. The van der Waals surface area contributed by atoms with Gasteiger partial charge in [-0.2, -0.15) is 0 Å². The molecule has 0 aliphatic carbocycles. The topological polar surface area (TPSA) is 87.6 Å². The zero-order chi connectivity index (χ0) is 19.4. The predicted octanol–water partition coefficient (Wildman–Crippen LogP) is 2.46. The Morgan fingerprint density at radius 3 is 2.48 bits per heavy atom. The number of rotatable bonds is 6. The molecular formula is C20H23N3O3S. The van der Waals surface area contributed by atoms with Gasteiger partial charge in [-0.05, 0) is 23.6 Å². The van der Waals surface area contributed by atoms with Gasteiger partial charge in [0.25, 0.3) is 10.0 Å². The number of carbonyl (C=O) groups excluding carboxylic acids is 1. The minimum atomic E-state index is -3.63. The van der Waals surface area contributed by atoms with Crippen LogP contribution in [0.2, 0.25) is 0 Å². The van der Waals surface area contributed by atoms with Crippen molar-refractivity contribution in [2.75, 3.05) is 0 Å². The third kappa shape index (κ3) is 4.19. The molecule has 142 valence electrons. The Morgan fingerprint density at radius 1 is 1.11 bits per heavy atom. The fraction of sp³-hybridized carbons (Fsp3) is 0.300. The number of nitrogens with zero attached hydrogens (tertiary/aromatic N) is 1. The monoisotopic (exact) mass is 385 g/mol. The van der Waals surface area contributed by atoms with Crippen molar-refractivity contribution in [3.8, 4) is 0 Å². The van der Waals surface area contributed by atoms with Crippen LogP contribution in [-0.2, 0) is 21.4 Å². The maximum Gasteiger partial charge on any atom is 0.263 e. The first kappa shape index (κ1) is 19.1. The number of aliphatic imine (C=N–C) groups is 1. The minimum Gasteiger partial charge on any atom is -0.350 e. The number of sulfonamides is 1. The van der Waals surface area contributed by atoms with Crippen molar-refractivity contribution in [2.45, 2.75) is 37.8 Å². The number of hydrogen-bond donors (Lipinski definition) is 2. The molecule has 6 nitrogen and oxygen atoms in total.